The third-order valence-electron chi connectivity index (χ3n) is 2.25. The third-order valence-corrected chi connectivity index (χ3v) is 4.73. The minimum absolute atomic E-state index is 0.455. The Morgan fingerprint density at radius 1 is 1.53 bits per heavy atom. The molecule has 2 rings (SSSR count). The molecule has 1 atom stereocenters. The second-order valence-corrected chi connectivity index (χ2v) is 5.69. The molecule has 82 valence electrons. The summed E-state index contributed by atoms with van der Waals surface area (Å²) >= 11 is 11.2. The van der Waals surface area contributed by atoms with Gasteiger partial charge in [-0.05, 0) is 34.5 Å². The Hall–Kier alpha value is 0. The number of aromatic nitrogens is 2. The molecule has 1 saturated heterocycles. The monoisotopic (exact) mass is 307 g/mol. The van der Waals surface area contributed by atoms with Crippen molar-refractivity contribution in [3.05, 3.63) is 16.0 Å². The molecule has 0 radical (unpaired) electrons. The van der Waals surface area contributed by atoms with Crippen molar-refractivity contribution in [3.8, 4) is 0 Å². The van der Waals surface area contributed by atoms with Gasteiger partial charge in [-0.2, -0.15) is 11.8 Å². The Kier molecular flexibility index (Phi) is 4.11. The van der Waals surface area contributed by atoms with Crippen LogP contribution in [0, 0.1) is 0 Å². The Morgan fingerprint density at radius 2 is 2.40 bits per heavy atom. The minimum atomic E-state index is 0.455. The highest BCUT2D eigenvalue weighted by atomic mass is 79.9. The van der Waals surface area contributed by atoms with Gasteiger partial charge in [-0.15, -0.1) is 0 Å². The molecule has 2 heterocycles. The van der Waals surface area contributed by atoms with Gasteiger partial charge in [-0.25, -0.2) is 9.97 Å². The molecule has 0 saturated carbocycles. The summed E-state index contributed by atoms with van der Waals surface area (Å²) in [5.74, 6) is 3.19. The van der Waals surface area contributed by atoms with Crippen molar-refractivity contribution in [1.29, 1.82) is 0 Å². The Labute approximate surface area is 107 Å². The van der Waals surface area contributed by atoms with E-state index in [2.05, 4.69) is 31.2 Å². The van der Waals surface area contributed by atoms with E-state index in [0.717, 1.165) is 16.0 Å². The van der Waals surface area contributed by atoms with E-state index in [1.54, 1.807) is 0 Å². The van der Waals surface area contributed by atoms with E-state index in [-0.39, 0.29) is 0 Å². The van der Waals surface area contributed by atoms with Gasteiger partial charge >= 0.3 is 0 Å². The average Bonchev–Trinajstić information content (AvgIpc) is 2.26. The first-order chi connectivity index (χ1) is 7.27. The number of rotatable bonds is 2. The third kappa shape index (κ3) is 2.98. The first-order valence-corrected chi connectivity index (χ1v) is 7.10. The highest BCUT2D eigenvalue weighted by molar-refractivity contribution is 9.10. The molecule has 6 heteroatoms. The lowest BCUT2D eigenvalue weighted by atomic mass is 10.2. The summed E-state index contributed by atoms with van der Waals surface area (Å²) in [6, 6.07) is 0.492. The second-order valence-electron chi connectivity index (χ2n) is 3.39. The molecule has 1 aromatic heterocycles. The summed E-state index contributed by atoms with van der Waals surface area (Å²) in [5.41, 5.74) is 0. The van der Waals surface area contributed by atoms with Gasteiger partial charge in [-0.3, -0.25) is 0 Å². The van der Waals surface area contributed by atoms with E-state index >= 15 is 0 Å². The summed E-state index contributed by atoms with van der Waals surface area (Å²) in [6.45, 7) is 0. The standard InChI is InChI=1S/C9H11BrClN3S/c10-7-8(11)12-5-13-9(7)14-6-2-1-3-15-4-6/h5-6H,1-4H2,(H,12,13,14). The van der Waals surface area contributed by atoms with Gasteiger partial charge in [0.2, 0.25) is 0 Å². The van der Waals surface area contributed by atoms with E-state index in [4.69, 9.17) is 11.6 Å². The van der Waals surface area contributed by atoms with Gasteiger partial charge in [0.15, 0.2) is 0 Å². The largest absolute Gasteiger partial charge is 0.365 e. The molecular weight excluding hydrogens is 298 g/mol. The van der Waals surface area contributed by atoms with E-state index in [1.165, 1.54) is 24.9 Å². The molecule has 1 N–H and O–H groups in total. The Balaban J connectivity index is 2.06. The summed E-state index contributed by atoms with van der Waals surface area (Å²) in [6.07, 6.45) is 3.94. The van der Waals surface area contributed by atoms with Gasteiger partial charge in [-0.1, -0.05) is 11.6 Å². The van der Waals surface area contributed by atoms with Crippen LogP contribution in [0.2, 0.25) is 5.15 Å². The summed E-state index contributed by atoms with van der Waals surface area (Å²) in [5, 5.41) is 3.84. The second kappa shape index (κ2) is 5.37. The molecule has 1 fully saturated rings. The van der Waals surface area contributed by atoms with Crippen molar-refractivity contribution in [2.45, 2.75) is 18.9 Å². The molecule has 3 nitrogen and oxygen atoms in total. The molecule has 1 aliphatic heterocycles. The lowest BCUT2D eigenvalue weighted by Gasteiger charge is -2.23. The molecule has 1 aliphatic rings. The number of nitrogens with one attached hydrogen (secondary N) is 1. The smallest absolute Gasteiger partial charge is 0.148 e. The summed E-state index contributed by atoms with van der Waals surface area (Å²) in [7, 11) is 0. The lowest BCUT2D eigenvalue weighted by molar-refractivity contribution is 0.681. The van der Waals surface area contributed by atoms with Crippen LogP contribution in [-0.4, -0.2) is 27.5 Å². The van der Waals surface area contributed by atoms with Crippen molar-refractivity contribution in [3.63, 3.8) is 0 Å². The van der Waals surface area contributed by atoms with Crippen LogP contribution in [0.4, 0.5) is 5.82 Å². The normalized spacial score (nSPS) is 21.3. The van der Waals surface area contributed by atoms with Crippen LogP contribution in [0.3, 0.4) is 0 Å². The fourth-order valence-corrected chi connectivity index (χ4v) is 3.02. The quantitative estimate of drug-likeness (QED) is 0.852. The van der Waals surface area contributed by atoms with Crippen molar-refractivity contribution in [2.24, 2.45) is 0 Å². The predicted molar refractivity (Wildman–Crippen MR) is 68.7 cm³/mol. The predicted octanol–water partition coefficient (Wildman–Crippen LogP) is 3.20. The molecular formula is C9H11BrClN3S. The molecule has 0 amide bonds. The molecule has 1 aromatic rings. The number of nitrogens with zero attached hydrogens (tertiary/aromatic N) is 2. The summed E-state index contributed by atoms with van der Waals surface area (Å²) in [4.78, 5) is 8.07. The van der Waals surface area contributed by atoms with Crippen LogP contribution in [0.25, 0.3) is 0 Å². The minimum Gasteiger partial charge on any atom is -0.365 e. The van der Waals surface area contributed by atoms with Gasteiger partial charge in [0.25, 0.3) is 0 Å². The van der Waals surface area contributed by atoms with E-state index in [1.807, 2.05) is 11.8 Å². The van der Waals surface area contributed by atoms with Crippen molar-refractivity contribution in [2.75, 3.05) is 16.8 Å². The molecule has 0 aliphatic carbocycles. The van der Waals surface area contributed by atoms with E-state index < -0.39 is 0 Å². The average molecular weight is 309 g/mol. The zero-order chi connectivity index (χ0) is 10.7. The fraction of sp³-hybridized carbons (Fsp3) is 0.556. The Bertz CT molecular complexity index is 344. The van der Waals surface area contributed by atoms with Crippen LogP contribution in [0.1, 0.15) is 12.8 Å². The van der Waals surface area contributed by atoms with Crippen molar-refractivity contribution in [1.82, 2.24) is 9.97 Å². The van der Waals surface area contributed by atoms with Crippen molar-refractivity contribution >= 4 is 45.1 Å². The summed E-state index contributed by atoms with van der Waals surface area (Å²) < 4.78 is 0.752. The zero-order valence-electron chi connectivity index (χ0n) is 8.04. The van der Waals surface area contributed by atoms with Gasteiger partial charge in [0.1, 0.15) is 17.3 Å². The van der Waals surface area contributed by atoms with Crippen LogP contribution >= 0.6 is 39.3 Å². The van der Waals surface area contributed by atoms with Crippen molar-refractivity contribution < 1.29 is 0 Å². The molecule has 0 bridgehead atoms. The van der Waals surface area contributed by atoms with Gasteiger partial charge in [0, 0.05) is 11.8 Å². The number of hydrogen-bond acceptors (Lipinski definition) is 4. The zero-order valence-corrected chi connectivity index (χ0v) is 11.2. The van der Waals surface area contributed by atoms with Gasteiger partial charge < -0.3 is 5.32 Å². The van der Waals surface area contributed by atoms with Gasteiger partial charge in [0.05, 0.1) is 4.47 Å². The number of hydrogen-bond donors (Lipinski definition) is 1. The molecule has 1 unspecified atom stereocenters. The molecule has 15 heavy (non-hydrogen) atoms. The Morgan fingerprint density at radius 3 is 3.13 bits per heavy atom. The van der Waals surface area contributed by atoms with Crippen LogP contribution in [0.5, 0.6) is 0 Å². The fourth-order valence-electron chi connectivity index (χ4n) is 1.50. The maximum atomic E-state index is 5.89. The number of halogens is 2. The van der Waals surface area contributed by atoms with E-state index in [9.17, 15) is 0 Å². The van der Waals surface area contributed by atoms with Crippen LogP contribution < -0.4 is 5.32 Å². The van der Waals surface area contributed by atoms with E-state index in [0.29, 0.717) is 11.2 Å². The maximum Gasteiger partial charge on any atom is 0.148 e. The van der Waals surface area contributed by atoms with Crippen LogP contribution in [-0.2, 0) is 0 Å². The first-order valence-electron chi connectivity index (χ1n) is 4.77. The highest BCUT2D eigenvalue weighted by Crippen LogP contribution is 2.28. The topological polar surface area (TPSA) is 37.8 Å². The number of thioether (sulfide) groups is 1. The first kappa shape index (κ1) is 11.5. The molecule has 0 aromatic carbocycles. The van der Waals surface area contributed by atoms with Crippen LogP contribution in [0.15, 0.2) is 10.8 Å². The number of anilines is 1. The lowest BCUT2D eigenvalue weighted by Crippen LogP contribution is -2.26. The maximum absolute atomic E-state index is 5.89. The molecule has 0 spiro atoms. The SMILES string of the molecule is Clc1ncnc(NC2CCCSC2)c1Br. The highest BCUT2D eigenvalue weighted by Gasteiger charge is 2.16.